The average molecular weight is 211 g/mol. The number of nitrogens with zero attached hydrogens (tertiary/aromatic N) is 1. The van der Waals surface area contributed by atoms with Crippen molar-refractivity contribution in [2.45, 2.75) is 38.3 Å². The van der Waals surface area contributed by atoms with Crippen molar-refractivity contribution in [3.8, 4) is 0 Å². The van der Waals surface area contributed by atoms with Crippen LogP contribution < -0.4 is 10.6 Å². The maximum atomic E-state index is 11.9. The zero-order valence-corrected chi connectivity index (χ0v) is 9.46. The fourth-order valence-corrected chi connectivity index (χ4v) is 2.47. The minimum atomic E-state index is 0.270. The first-order valence-corrected chi connectivity index (χ1v) is 6.01. The summed E-state index contributed by atoms with van der Waals surface area (Å²) in [4.78, 5) is 13.9. The summed E-state index contributed by atoms with van der Waals surface area (Å²) in [6.07, 6.45) is 3.47. The molecule has 0 aromatic rings. The highest BCUT2D eigenvalue weighted by Crippen LogP contribution is 2.15. The molecule has 0 unspecified atom stereocenters. The molecule has 0 saturated carbocycles. The highest BCUT2D eigenvalue weighted by atomic mass is 16.2. The van der Waals surface area contributed by atoms with Crippen molar-refractivity contribution in [3.05, 3.63) is 0 Å². The lowest BCUT2D eigenvalue weighted by atomic mass is 10.2. The first-order valence-electron chi connectivity index (χ1n) is 6.01. The van der Waals surface area contributed by atoms with Crippen LogP contribution in [-0.4, -0.2) is 49.1 Å². The summed E-state index contributed by atoms with van der Waals surface area (Å²) in [5, 5.41) is 6.61. The van der Waals surface area contributed by atoms with Crippen molar-refractivity contribution in [2.75, 3.05) is 26.2 Å². The standard InChI is InChI=1S/C11H21N3O/c1-9-3-2-6-14(9)11(15)8-13-10-4-5-12-7-10/h9-10,12-13H,2-8H2,1H3/t9-,10+/m1/s1. The number of rotatable bonds is 3. The van der Waals surface area contributed by atoms with Gasteiger partial charge in [-0.15, -0.1) is 0 Å². The lowest BCUT2D eigenvalue weighted by Crippen LogP contribution is -2.43. The molecule has 0 radical (unpaired) electrons. The van der Waals surface area contributed by atoms with E-state index in [1.165, 1.54) is 0 Å². The third-order valence-electron chi connectivity index (χ3n) is 3.48. The normalized spacial score (nSPS) is 31.1. The molecule has 2 fully saturated rings. The fraction of sp³-hybridized carbons (Fsp3) is 0.909. The molecule has 2 atom stereocenters. The van der Waals surface area contributed by atoms with Gasteiger partial charge >= 0.3 is 0 Å². The van der Waals surface area contributed by atoms with Gasteiger partial charge in [-0.25, -0.2) is 0 Å². The quantitative estimate of drug-likeness (QED) is 0.688. The fourth-order valence-electron chi connectivity index (χ4n) is 2.47. The Morgan fingerprint density at radius 3 is 3.00 bits per heavy atom. The Bertz CT molecular complexity index is 226. The van der Waals surface area contributed by atoms with Gasteiger partial charge in [0.15, 0.2) is 0 Å². The minimum Gasteiger partial charge on any atom is -0.339 e. The third-order valence-corrected chi connectivity index (χ3v) is 3.48. The van der Waals surface area contributed by atoms with Gasteiger partial charge in [0.05, 0.1) is 6.54 Å². The Morgan fingerprint density at radius 2 is 2.40 bits per heavy atom. The van der Waals surface area contributed by atoms with Crippen LogP contribution >= 0.6 is 0 Å². The van der Waals surface area contributed by atoms with E-state index in [1.54, 1.807) is 0 Å². The van der Waals surface area contributed by atoms with Crippen LogP contribution in [0.3, 0.4) is 0 Å². The molecule has 4 heteroatoms. The lowest BCUT2D eigenvalue weighted by molar-refractivity contribution is -0.130. The van der Waals surface area contributed by atoms with E-state index in [2.05, 4.69) is 17.6 Å². The highest BCUT2D eigenvalue weighted by Gasteiger charge is 2.25. The molecule has 86 valence electrons. The molecule has 4 nitrogen and oxygen atoms in total. The van der Waals surface area contributed by atoms with Gasteiger partial charge in [-0.1, -0.05) is 0 Å². The molecule has 2 aliphatic heterocycles. The smallest absolute Gasteiger partial charge is 0.236 e. The van der Waals surface area contributed by atoms with Gasteiger partial charge in [-0.3, -0.25) is 4.79 Å². The van der Waals surface area contributed by atoms with E-state index in [0.717, 1.165) is 38.9 Å². The number of carbonyl (C=O) groups excluding carboxylic acids is 1. The zero-order valence-electron chi connectivity index (χ0n) is 9.46. The molecule has 1 amide bonds. The van der Waals surface area contributed by atoms with E-state index in [4.69, 9.17) is 0 Å². The largest absolute Gasteiger partial charge is 0.339 e. The Kier molecular flexibility index (Phi) is 3.59. The topological polar surface area (TPSA) is 44.4 Å². The summed E-state index contributed by atoms with van der Waals surface area (Å²) in [5.74, 6) is 0.270. The molecule has 2 aliphatic rings. The van der Waals surface area contributed by atoms with Crippen LogP contribution in [0.4, 0.5) is 0 Å². The summed E-state index contributed by atoms with van der Waals surface area (Å²) in [6, 6.07) is 0.938. The van der Waals surface area contributed by atoms with Crippen LogP contribution in [0.5, 0.6) is 0 Å². The van der Waals surface area contributed by atoms with Gasteiger partial charge in [0.1, 0.15) is 0 Å². The Labute approximate surface area is 91.4 Å². The maximum absolute atomic E-state index is 11.9. The molecule has 15 heavy (non-hydrogen) atoms. The van der Waals surface area contributed by atoms with E-state index in [1.807, 2.05) is 4.90 Å². The first kappa shape index (κ1) is 10.9. The number of likely N-dealkylation sites (tertiary alicyclic amines) is 1. The van der Waals surface area contributed by atoms with E-state index in [0.29, 0.717) is 18.6 Å². The second-order valence-corrected chi connectivity index (χ2v) is 4.65. The molecule has 0 spiro atoms. The summed E-state index contributed by atoms with van der Waals surface area (Å²) in [6.45, 7) is 5.68. The van der Waals surface area contributed by atoms with Crippen molar-refractivity contribution in [3.63, 3.8) is 0 Å². The Morgan fingerprint density at radius 1 is 1.53 bits per heavy atom. The lowest BCUT2D eigenvalue weighted by Gasteiger charge is -2.22. The van der Waals surface area contributed by atoms with Crippen LogP contribution in [0.2, 0.25) is 0 Å². The first-order chi connectivity index (χ1) is 7.27. The van der Waals surface area contributed by atoms with Crippen molar-refractivity contribution in [1.29, 1.82) is 0 Å². The van der Waals surface area contributed by atoms with Gasteiger partial charge in [-0.2, -0.15) is 0 Å². The summed E-state index contributed by atoms with van der Waals surface area (Å²) < 4.78 is 0. The minimum absolute atomic E-state index is 0.270. The molecule has 0 aromatic carbocycles. The summed E-state index contributed by atoms with van der Waals surface area (Å²) in [5.41, 5.74) is 0. The van der Waals surface area contributed by atoms with Gasteiger partial charge < -0.3 is 15.5 Å². The van der Waals surface area contributed by atoms with Crippen molar-refractivity contribution < 1.29 is 4.79 Å². The van der Waals surface area contributed by atoms with Crippen molar-refractivity contribution in [2.24, 2.45) is 0 Å². The highest BCUT2D eigenvalue weighted by molar-refractivity contribution is 5.78. The van der Waals surface area contributed by atoms with Crippen LogP contribution in [0, 0.1) is 0 Å². The predicted octanol–water partition coefficient (Wildman–Crippen LogP) is -0.0512. The van der Waals surface area contributed by atoms with Crippen LogP contribution in [0.15, 0.2) is 0 Å². The van der Waals surface area contributed by atoms with Gasteiger partial charge in [0.25, 0.3) is 0 Å². The number of carbonyl (C=O) groups is 1. The van der Waals surface area contributed by atoms with Crippen LogP contribution in [-0.2, 0) is 4.79 Å². The average Bonchev–Trinajstić information content (AvgIpc) is 2.84. The van der Waals surface area contributed by atoms with E-state index >= 15 is 0 Å². The third kappa shape index (κ3) is 2.69. The van der Waals surface area contributed by atoms with Crippen molar-refractivity contribution in [1.82, 2.24) is 15.5 Å². The Balaban J connectivity index is 1.71. The van der Waals surface area contributed by atoms with Crippen molar-refractivity contribution >= 4 is 5.91 Å². The molecule has 0 aromatic heterocycles. The molecular weight excluding hydrogens is 190 g/mol. The number of hydrogen-bond donors (Lipinski definition) is 2. The number of amides is 1. The molecule has 2 N–H and O–H groups in total. The Hall–Kier alpha value is -0.610. The second kappa shape index (κ2) is 4.94. The maximum Gasteiger partial charge on any atom is 0.236 e. The molecule has 2 saturated heterocycles. The van der Waals surface area contributed by atoms with Gasteiger partial charge in [0.2, 0.25) is 5.91 Å². The summed E-state index contributed by atoms with van der Waals surface area (Å²) >= 11 is 0. The van der Waals surface area contributed by atoms with E-state index in [-0.39, 0.29) is 5.91 Å². The molecular formula is C11H21N3O. The monoisotopic (exact) mass is 211 g/mol. The summed E-state index contributed by atoms with van der Waals surface area (Å²) in [7, 11) is 0. The van der Waals surface area contributed by atoms with Gasteiger partial charge in [-0.05, 0) is 32.7 Å². The van der Waals surface area contributed by atoms with Gasteiger partial charge in [0, 0.05) is 25.2 Å². The zero-order chi connectivity index (χ0) is 10.7. The molecule has 2 heterocycles. The second-order valence-electron chi connectivity index (χ2n) is 4.65. The number of hydrogen-bond acceptors (Lipinski definition) is 3. The predicted molar refractivity (Wildman–Crippen MR) is 59.7 cm³/mol. The van der Waals surface area contributed by atoms with Crippen LogP contribution in [0.25, 0.3) is 0 Å². The number of nitrogens with one attached hydrogen (secondary N) is 2. The van der Waals surface area contributed by atoms with E-state index < -0.39 is 0 Å². The molecule has 2 rings (SSSR count). The van der Waals surface area contributed by atoms with E-state index in [9.17, 15) is 4.79 Å². The SMILES string of the molecule is C[C@@H]1CCCN1C(=O)CN[C@H]1CCNC1. The van der Waals surface area contributed by atoms with Crippen LogP contribution in [0.1, 0.15) is 26.2 Å². The molecule has 0 bridgehead atoms. The molecule has 0 aliphatic carbocycles.